The van der Waals surface area contributed by atoms with Crippen LogP contribution in [0.4, 0.5) is 5.82 Å². The topological polar surface area (TPSA) is 79.5 Å². The van der Waals surface area contributed by atoms with Gasteiger partial charge in [0.25, 0.3) is 5.91 Å². The van der Waals surface area contributed by atoms with E-state index in [9.17, 15) is 4.79 Å². The minimum Gasteiger partial charge on any atom is -0.351 e. The summed E-state index contributed by atoms with van der Waals surface area (Å²) < 4.78 is 1.65. The molecule has 0 saturated carbocycles. The Balaban J connectivity index is 1.29. The molecule has 4 heterocycles. The highest BCUT2D eigenvalue weighted by Gasteiger charge is 2.33. The molecule has 3 aromatic heterocycles. The molecule has 4 aromatic rings. The highest BCUT2D eigenvalue weighted by atomic mass is 16.2. The highest BCUT2D eigenvalue weighted by Crippen LogP contribution is 2.23. The molecule has 0 radical (unpaired) electrons. The summed E-state index contributed by atoms with van der Waals surface area (Å²) in [6.07, 6.45) is 3.34. The normalized spacial score (nSPS) is 14.5. The van der Waals surface area contributed by atoms with Gasteiger partial charge in [-0.3, -0.25) is 9.78 Å². The lowest BCUT2D eigenvalue weighted by atomic mass is 10.1. The largest absolute Gasteiger partial charge is 0.351 e. The number of hydrogen-bond acceptors (Lipinski definition) is 6. The summed E-state index contributed by atoms with van der Waals surface area (Å²) in [6, 6.07) is 13.5. The van der Waals surface area contributed by atoms with Crippen LogP contribution in [0.25, 0.3) is 16.6 Å². The third kappa shape index (κ3) is 2.66. The number of benzene rings is 1. The van der Waals surface area contributed by atoms with E-state index in [1.807, 2.05) is 54.4 Å². The van der Waals surface area contributed by atoms with Crippen molar-refractivity contribution in [1.29, 1.82) is 0 Å². The van der Waals surface area contributed by atoms with Gasteiger partial charge in [-0.1, -0.05) is 6.07 Å². The van der Waals surface area contributed by atoms with Gasteiger partial charge in [-0.05, 0) is 36.4 Å². The molecule has 1 aromatic carbocycles. The molecule has 8 heteroatoms. The Bertz CT molecular complexity index is 1150. The van der Waals surface area contributed by atoms with E-state index in [0.717, 1.165) is 29.8 Å². The van der Waals surface area contributed by atoms with Gasteiger partial charge in [0.05, 0.1) is 11.6 Å². The fourth-order valence-corrected chi connectivity index (χ4v) is 3.35. The number of rotatable bonds is 3. The molecule has 0 atom stereocenters. The molecule has 1 amide bonds. The minimum absolute atomic E-state index is 0.0209. The monoisotopic (exact) mass is 359 g/mol. The summed E-state index contributed by atoms with van der Waals surface area (Å²) in [5.74, 6) is 0.879. The quantitative estimate of drug-likeness (QED) is 0.553. The summed E-state index contributed by atoms with van der Waals surface area (Å²) in [5.41, 5.74) is 2.29. The van der Waals surface area contributed by atoms with Gasteiger partial charge in [-0.2, -0.15) is 4.52 Å². The zero-order valence-electron chi connectivity index (χ0n) is 14.7. The Hall–Kier alpha value is -3.55. The van der Waals surface area contributed by atoms with Crippen molar-refractivity contribution in [3.05, 3.63) is 60.6 Å². The van der Waals surface area contributed by atoms with Gasteiger partial charge < -0.3 is 9.80 Å². The van der Waals surface area contributed by atoms with Crippen molar-refractivity contribution in [2.75, 3.05) is 25.0 Å². The Kier molecular flexibility index (Phi) is 3.49. The molecule has 1 aliphatic rings. The second-order valence-corrected chi connectivity index (χ2v) is 6.71. The molecule has 0 bridgehead atoms. The van der Waals surface area contributed by atoms with Crippen molar-refractivity contribution in [2.45, 2.75) is 6.04 Å². The molecule has 1 saturated heterocycles. The molecule has 134 valence electrons. The van der Waals surface area contributed by atoms with Crippen LogP contribution in [0.2, 0.25) is 0 Å². The maximum Gasteiger partial charge on any atom is 0.253 e. The number of likely N-dealkylation sites (N-methyl/N-ethyl adjacent to an activating group) is 1. The predicted molar refractivity (Wildman–Crippen MR) is 101 cm³/mol. The molecule has 1 fully saturated rings. The number of fused-ring (bicyclic) bond motifs is 2. The molecular weight excluding hydrogens is 342 g/mol. The number of carbonyl (C=O) groups excluding carboxylic acids is 1. The fraction of sp³-hybridized carbons (Fsp3) is 0.211. The predicted octanol–water partition coefficient (Wildman–Crippen LogP) is 1.63. The van der Waals surface area contributed by atoms with E-state index in [0.29, 0.717) is 11.2 Å². The molecule has 0 aliphatic carbocycles. The Morgan fingerprint density at radius 3 is 2.96 bits per heavy atom. The van der Waals surface area contributed by atoms with E-state index >= 15 is 0 Å². The zero-order chi connectivity index (χ0) is 18.4. The number of nitrogens with zero attached hydrogens (tertiary/aromatic N) is 7. The van der Waals surface area contributed by atoms with Gasteiger partial charge in [0.1, 0.15) is 12.1 Å². The zero-order valence-corrected chi connectivity index (χ0v) is 14.7. The van der Waals surface area contributed by atoms with Crippen molar-refractivity contribution >= 4 is 28.3 Å². The van der Waals surface area contributed by atoms with Crippen molar-refractivity contribution in [2.24, 2.45) is 0 Å². The van der Waals surface area contributed by atoms with Crippen LogP contribution >= 0.6 is 0 Å². The van der Waals surface area contributed by atoms with Crippen molar-refractivity contribution < 1.29 is 4.79 Å². The van der Waals surface area contributed by atoms with E-state index in [1.54, 1.807) is 17.0 Å². The van der Waals surface area contributed by atoms with Gasteiger partial charge in [-0.15, -0.1) is 15.3 Å². The third-order valence-corrected chi connectivity index (χ3v) is 5.05. The Morgan fingerprint density at radius 2 is 2.07 bits per heavy atom. The van der Waals surface area contributed by atoms with E-state index in [1.165, 1.54) is 0 Å². The number of carbonyl (C=O) groups is 1. The average molecular weight is 359 g/mol. The van der Waals surface area contributed by atoms with E-state index in [-0.39, 0.29) is 11.9 Å². The van der Waals surface area contributed by atoms with Crippen LogP contribution in [0.5, 0.6) is 0 Å². The molecule has 0 spiro atoms. The molecule has 5 rings (SSSR count). The van der Waals surface area contributed by atoms with Crippen LogP contribution in [0, 0.1) is 0 Å². The first-order valence-corrected chi connectivity index (χ1v) is 8.73. The standard InChI is InChI=1S/C19H17N7O/c1-24(19(27)14-4-5-16-13(9-14)3-2-8-20-16)15-10-25(11-15)18-7-6-17-22-21-12-26(17)23-18/h2-9,12,15H,10-11H2,1H3. The Labute approximate surface area is 155 Å². The maximum atomic E-state index is 12.9. The fourth-order valence-electron chi connectivity index (χ4n) is 3.35. The van der Waals surface area contributed by atoms with Crippen molar-refractivity contribution in [1.82, 2.24) is 29.7 Å². The summed E-state index contributed by atoms with van der Waals surface area (Å²) in [4.78, 5) is 21.1. The number of anilines is 1. The second-order valence-electron chi connectivity index (χ2n) is 6.71. The number of aromatic nitrogens is 5. The van der Waals surface area contributed by atoms with Crippen LogP contribution in [0.3, 0.4) is 0 Å². The van der Waals surface area contributed by atoms with Gasteiger partial charge in [0.15, 0.2) is 5.65 Å². The van der Waals surface area contributed by atoms with Crippen LogP contribution in [0.1, 0.15) is 10.4 Å². The maximum absolute atomic E-state index is 12.9. The number of pyridine rings is 1. The molecule has 0 N–H and O–H groups in total. The van der Waals surface area contributed by atoms with Crippen LogP contribution in [0.15, 0.2) is 55.0 Å². The lowest BCUT2D eigenvalue weighted by molar-refractivity contribution is 0.0705. The minimum atomic E-state index is 0.0209. The smallest absolute Gasteiger partial charge is 0.253 e. The van der Waals surface area contributed by atoms with Crippen molar-refractivity contribution in [3.63, 3.8) is 0 Å². The average Bonchev–Trinajstić information content (AvgIpc) is 3.13. The Morgan fingerprint density at radius 1 is 1.19 bits per heavy atom. The van der Waals surface area contributed by atoms with Crippen LogP contribution in [-0.2, 0) is 0 Å². The third-order valence-electron chi connectivity index (χ3n) is 5.05. The first-order chi connectivity index (χ1) is 13.2. The van der Waals surface area contributed by atoms with E-state index in [4.69, 9.17) is 0 Å². The SMILES string of the molecule is CN(C(=O)c1ccc2ncccc2c1)C1CN(c2ccc3nncn3n2)C1. The van der Waals surface area contributed by atoms with E-state index in [2.05, 4.69) is 25.2 Å². The second kappa shape index (κ2) is 6.01. The summed E-state index contributed by atoms with van der Waals surface area (Å²) in [7, 11) is 1.86. The van der Waals surface area contributed by atoms with Gasteiger partial charge >= 0.3 is 0 Å². The first kappa shape index (κ1) is 15.7. The molecule has 27 heavy (non-hydrogen) atoms. The first-order valence-electron chi connectivity index (χ1n) is 8.73. The highest BCUT2D eigenvalue weighted by molar-refractivity contribution is 5.98. The van der Waals surface area contributed by atoms with Crippen molar-refractivity contribution in [3.8, 4) is 0 Å². The summed E-state index contributed by atoms with van der Waals surface area (Å²) >= 11 is 0. The molecule has 0 unspecified atom stereocenters. The van der Waals surface area contributed by atoms with Gasteiger partial charge in [0.2, 0.25) is 0 Å². The number of amides is 1. The summed E-state index contributed by atoms with van der Waals surface area (Å²) in [6.45, 7) is 1.50. The lowest BCUT2D eigenvalue weighted by Crippen LogP contribution is -2.60. The lowest BCUT2D eigenvalue weighted by Gasteiger charge is -2.44. The number of hydrogen-bond donors (Lipinski definition) is 0. The molecule has 8 nitrogen and oxygen atoms in total. The molecule has 1 aliphatic heterocycles. The van der Waals surface area contributed by atoms with Gasteiger partial charge in [0, 0.05) is 37.3 Å². The van der Waals surface area contributed by atoms with Crippen LogP contribution in [-0.4, -0.2) is 61.8 Å². The summed E-state index contributed by atoms with van der Waals surface area (Å²) in [5, 5.41) is 13.3. The van der Waals surface area contributed by atoms with Crippen LogP contribution < -0.4 is 4.90 Å². The van der Waals surface area contributed by atoms with Gasteiger partial charge in [-0.25, -0.2) is 0 Å². The molecular formula is C19H17N7O. The van der Waals surface area contributed by atoms with E-state index < -0.39 is 0 Å².